The number of alkyl halides is 3. The number of ether oxygens (including phenoxy) is 1. The smallest absolute Gasteiger partial charge is 0.417 e. The topological polar surface area (TPSA) is 69.0 Å². The summed E-state index contributed by atoms with van der Waals surface area (Å²) in [5.74, 6) is -0.0530. The van der Waals surface area contributed by atoms with Gasteiger partial charge in [-0.05, 0) is 67.1 Å². The summed E-state index contributed by atoms with van der Waals surface area (Å²) in [6, 6.07) is 23.9. The van der Waals surface area contributed by atoms with Gasteiger partial charge in [-0.15, -0.1) is 0 Å². The normalized spacial score (nSPS) is 11.4. The highest BCUT2D eigenvalue weighted by Gasteiger charge is 2.31. The Bertz CT molecular complexity index is 1690. The van der Waals surface area contributed by atoms with Crippen molar-refractivity contribution in [3.63, 3.8) is 0 Å². The maximum atomic E-state index is 13.2. The van der Waals surface area contributed by atoms with Gasteiger partial charge in [0.05, 0.1) is 22.0 Å². The quantitative estimate of drug-likeness (QED) is 0.205. The zero-order valence-electron chi connectivity index (χ0n) is 21.4. The van der Waals surface area contributed by atoms with E-state index in [0.717, 1.165) is 23.3 Å². The Kier molecular flexibility index (Phi) is 8.01. The van der Waals surface area contributed by atoms with Crippen molar-refractivity contribution < 1.29 is 22.7 Å². The number of pyridine rings is 1. The number of halogens is 5. The molecule has 0 aliphatic rings. The van der Waals surface area contributed by atoms with Crippen molar-refractivity contribution in [2.24, 2.45) is 0 Å². The molecule has 1 amide bonds. The van der Waals surface area contributed by atoms with Crippen molar-refractivity contribution in [3.8, 4) is 22.7 Å². The van der Waals surface area contributed by atoms with Crippen LogP contribution in [0.25, 0.3) is 16.9 Å². The van der Waals surface area contributed by atoms with Gasteiger partial charge in [-0.25, -0.2) is 9.67 Å². The van der Waals surface area contributed by atoms with Gasteiger partial charge in [0.1, 0.15) is 18.2 Å². The molecule has 0 fully saturated rings. The number of rotatable bonds is 7. The van der Waals surface area contributed by atoms with E-state index in [1.807, 2.05) is 54.6 Å². The van der Waals surface area contributed by atoms with Crippen LogP contribution in [0.4, 0.5) is 19.0 Å². The fourth-order valence-electron chi connectivity index (χ4n) is 4.14. The first-order valence-electron chi connectivity index (χ1n) is 12.3. The first kappa shape index (κ1) is 28.2. The van der Waals surface area contributed by atoms with Gasteiger partial charge >= 0.3 is 6.18 Å². The molecular weight excluding hydrogens is 576 g/mol. The van der Waals surface area contributed by atoms with Gasteiger partial charge in [0, 0.05) is 22.3 Å². The van der Waals surface area contributed by atoms with Crippen molar-refractivity contribution in [2.75, 3.05) is 5.32 Å². The van der Waals surface area contributed by atoms with E-state index in [-0.39, 0.29) is 11.5 Å². The molecule has 1 N–H and O–H groups in total. The number of nitrogens with zero attached hydrogens (tertiary/aromatic N) is 3. The third-order valence-corrected chi connectivity index (χ3v) is 6.72. The molecule has 0 saturated heterocycles. The van der Waals surface area contributed by atoms with Crippen LogP contribution in [0.5, 0.6) is 5.75 Å². The van der Waals surface area contributed by atoms with Crippen LogP contribution in [0.1, 0.15) is 27.2 Å². The summed E-state index contributed by atoms with van der Waals surface area (Å²) in [4.78, 5) is 17.0. The van der Waals surface area contributed by atoms with E-state index in [0.29, 0.717) is 45.5 Å². The molecule has 208 valence electrons. The molecule has 5 aromatic rings. The average Bonchev–Trinajstić information content (AvgIpc) is 3.29. The van der Waals surface area contributed by atoms with E-state index in [9.17, 15) is 18.0 Å². The van der Waals surface area contributed by atoms with Crippen molar-refractivity contribution in [3.05, 3.63) is 124 Å². The largest absolute Gasteiger partial charge is 0.489 e. The van der Waals surface area contributed by atoms with Crippen LogP contribution >= 0.6 is 23.2 Å². The Morgan fingerprint density at radius 1 is 0.976 bits per heavy atom. The third kappa shape index (κ3) is 6.37. The average molecular weight is 597 g/mol. The predicted octanol–water partition coefficient (Wildman–Crippen LogP) is 8.40. The van der Waals surface area contributed by atoms with Crippen LogP contribution in [0.3, 0.4) is 0 Å². The molecule has 0 atom stereocenters. The first-order chi connectivity index (χ1) is 19.6. The molecule has 0 bridgehead atoms. The van der Waals surface area contributed by atoms with E-state index in [1.54, 1.807) is 25.1 Å². The van der Waals surface area contributed by atoms with Crippen molar-refractivity contribution >= 4 is 34.9 Å². The number of nitrogens with one attached hydrogen (secondary N) is 1. The van der Waals surface area contributed by atoms with Crippen LogP contribution in [0.2, 0.25) is 10.0 Å². The molecule has 11 heteroatoms. The lowest BCUT2D eigenvalue weighted by Gasteiger charge is -2.12. The Morgan fingerprint density at radius 3 is 2.34 bits per heavy atom. The number of amides is 1. The highest BCUT2D eigenvalue weighted by molar-refractivity contribution is 6.35. The van der Waals surface area contributed by atoms with E-state index >= 15 is 0 Å². The zero-order chi connectivity index (χ0) is 29.1. The number of aromatic nitrogens is 3. The molecular formula is C30H21Cl2F3N4O2. The van der Waals surface area contributed by atoms with Crippen LogP contribution in [-0.2, 0) is 12.8 Å². The highest BCUT2D eigenvalue weighted by Crippen LogP contribution is 2.34. The second-order valence-electron chi connectivity index (χ2n) is 9.01. The molecule has 0 spiro atoms. The summed E-state index contributed by atoms with van der Waals surface area (Å²) in [7, 11) is 0. The predicted molar refractivity (Wildman–Crippen MR) is 152 cm³/mol. The standard InChI is InChI=1S/C30H21Cl2F3N4O2/c1-18-27(29(40)37-26-14-9-21(16-36-26)30(33,34)35)38-39(25-13-10-22(31)15-24(25)32)28(18)20-7-11-23(12-8-20)41-17-19-5-3-2-4-6-19/h2-16H,17H2,1H3,(H,36,37,40). The van der Waals surface area contributed by atoms with Gasteiger partial charge in [-0.1, -0.05) is 53.5 Å². The second-order valence-corrected chi connectivity index (χ2v) is 9.86. The van der Waals surface area contributed by atoms with E-state index in [4.69, 9.17) is 27.9 Å². The minimum absolute atomic E-state index is 0.0390. The van der Waals surface area contributed by atoms with Gasteiger partial charge in [-0.3, -0.25) is 4.79 Å². The van der Waals surface area contributed by atoms with Crippen LogP contribution in [0.15, 0.2) is 91.1 Å². The van der Waals surface area contributed by atoms with Crippen LogP contribution in [0, 0.1) is 6.92 Å². The summed E-state index contributed by atoms with van der Waals surface area (Å²) >= 11 is 12.6. The zero-order valence-corrected chi connectivity index (χ0v) is 22.9. The lowest BCUT2D eigenvalue weighted by molar-refractivity contribution is -0.137. The van der Waals surface area contributed by atoms with Crippen LogP contribution in [-0.4, -0.2) is 20.7 Å². The molecule has 6 nitrogen and oxygen atoms in total. The minimum atomic E-state index is -4.54. The second kappa shape index (κ2) is 11.6. The van der Waals surface area contributed by atoms with Gasteiger partial charge in [0.2, 0.25) is 0 Å². The number of hydrogen-bond acceptors (Lipinski definition) is 4. The minimum Gasteiger partial charge on any atom is -0.489 e. The molecule has 5 rings (SSSR count). The molecule has 2 heterocycles. The third-order valence-electron chi connectivity index (χ3n) is 6.18. The maximum Gasteiger partial charge on any atom is 0.417 e. The summed E-state index contributed by atoms with van der Waals surface area (Å²) in [6.45, 7) is 2.12. The lowest BCUT2D eigenvalue weighted by atomic mass is 10.1. The number of benzene rings is 3. The first-order valence-corrected chi connectivity index (χ1v) is 13.0. The van der Waals surface area contributed by atoms with Gasteiger partial charge < -0.3 is 10.1 Å². The molecule has 0 aliphatic heterocycles. The number of hydrogen-bond donors (Lipinski definition) is 1. The Balaban J connectivity index is 1.48. The molecule has 0 radical (unpaired) electrons. The van der Waals surface area contributed by atoms with Gasteiger partial charge in [-0.2, -0.15) is 18.3 Å². The molecule has 0 saturated carbocycles. The fraction of sp³-hybridized carbons (Fsp3) is 0.100. The van der Waals surface area contributed by atoms with E-state index < -0.39 is 17.6 Å². The monoisotopic (exact) mass is 596 g/mol. The molecule has 3 aromatic carbocycles. The number of carbonyl (C=O) groups is 1. The molecule has 41 heavy (non-hydrogen) atoms. The lowest BCUT2D eigenvalue weighted by Crippen LogP contribution is -2.15. The van der Waals surface area contributed by atoms with E-state index in [1.165, 1.54) is 4.68 Å². The summed E-state index contributed by atoms with van der Waals surface area (Å²) < 4.78 is 46.1. The molecule has 0 aliphatic carbocycles. The Hall–Kier alpha value is -4.34. The van der Waals surface area contributed by atoms with Crippen molar-refractivity contribution in [1.29, 1.82) is 0 Å². The van der Waals surface area contributed by atoms with Crippen molar-refractivity contribution in [1.82, 2.24) is 14.8 Å². The number of anilines is 1. The highest BCUT2D eigenvalue weighted by atomic mass is 35.5. The summed E-state index contributed by atoms with van der Waals surface area (Å²) in [5, 5.41) is 7.79. The van der Waals surface area contributed by atoms with Crippen molar-refractivity contribution in [2.45, 2.75) is 19.7 Å². The molecule has 2 aromatic heterocycles. The summed E-state index contributed by atoms with van der Waals surface area (Å²) in [5.41, 5.74) is 2.43. The van der Waals surface area contributed by atoms with Gasteiger partial charge in [0.25, 0.3) is 5.91 Å². The Labute approximate surface area is 243 Å². The molecule has 0 unspecified atom stereocenters. The number of carbonyl (C=O) groups excluding carboxylic acids is 1. The summed E-state index contributed by atoms with van der Waals surface area (Å²) in [6.07, 6.45) is -3.89. The SMILES string of the molecule is Cc1c(C(=O)Nc2ccc(C(F)(F)F)cn2)nn(-c2ccc(Cl)cc2Cl)c1-c1ccc(OCc2ccccc2)cc1. The van der Waals surface area contributed by atoms with Crippen LogP contribution < -0.4 is 10.1 Å². The van der Waals surface area contributed by atoms with E-state index in [2.05, 4.69) is 15.4 Å². The van der Waals surface area contributed by atoms with Gasteiger partial charge in [0.15, 0.2) is 5.69 Å². The maximum absolute atomic E-state index is 13.2. The fourth-order valence-corrected chi connectivity index (χ4v) is 4.63. The Morgan fingerprint density at radius 2 is 1.71 bits per heavy atom.